The molecule has 0 saturated carbocycles. The molecule has 25 heavy (non-hydrogen) atoms. The zero-order chi connectivity index (χ0) is 17.7. The highest BCUT2D eigenvalue weighted by atomic mass is 32.2. The third-order valence-corrected chi connectivity index (χ3v) is 7.13. The summed E-state index contributed by atoms with van der Waals surface area (Å²) in [5.41, 5.74) is 0.779. The number of aromatic amines is 1. The molecular formula is C17H25N5O2S. The average Bonchev–Trinajstić information content (AvgIpc) is 2.95. The van der Waals surface area contributed by atoms with Crippen LogP contribution < -0.4 is 4.90 Å². The minimum atomic E-state index is -3.16. The molecule has 1 N–H and O–H groups in total. The summed E-state index contributed by atoms with van der Waals surface area (Å²) in [6.07, 6.45) is 7.92. The molecule has 0 bridgehead atoms. The number of anilines is 1. The number of nitrogens with one attached hydrogen (secondary N) is 1. The molecule has 2 aromatic rings. The van der Waals surface area contributed by atoms with Crippen LogP contribution in [0.25, 0.3) is 11.0 Å². The lowest BCUT2D eigenvalue weighted by molar-refractivity contribution is 0.135. The molecule has 2 fully saturated rings. The zero-order valence-corrected chi connectivity index (χ0v) is 15.6. The standard InChI is InChI=1S/C17H25N5O2S/c1-17-10-21(16-14-5-7-18-15(14)19-12-20-16)9-6-13(17)4-3-8-22(11-17)25(2,23)24/h5,7,12-13H,3-4,6,8-11H2,1-2H3,(H,18,19,20)/t13-,17-/m0/s1. The molecule has 136 valence electrons. The van der Waals surface area contributed by atoms with Crippen molar-refractivity contribution in [3.63, 3.8) is 0 Å². The van der Waals surface area contributed by atoms with Crippen LogP contribution in [0.3, 0.4) is 0 Å². The molecule has 0 amide bonds. The summed E-state index contributed by atoms with van der Waals surface area (Å²) in [6.45, 7) is 5.25. The van der Waals surface area contributed by atoms with E-state index in [1.165, 1.54) is 6.26 Å². The first kappa shape index (κ1) is 16.8. The number of hydrogen-bond acceptors (Lipinski definition) is 5. The molecular weight excluding hydrogens is 338 g/mol. The molecule has 8 heteroatoms. The second kappa shape index (κ2) is 5.95. The molecule has 2 aromatic heterocycles. The minimum Gasteiger partial charge on any atom is -0.355 e. The monoisotopic (exact) mass is 363 g/mol. The molecule has 0 unspecified atom stereocenters. The van der Waals surface area contributed by atoms with E-state index in [4.69, 9.17) is 0 Å². The molecule has 0 aromatic carbocycles. The van der Waals surface area contributed by atoms with Crippen molar-refractivity contribution >= 4 is 26.9 Å². The van der Waals surface area contributed by atoms with Crippen LogP contribution in [0.2, 0.25) is 0 Å². The highest BCUT2D eigenvalue weighted by Crippen LogP contribution is 2.43. The van der Waals surface area contributed by atoms with E-state index in [0.29, 0.717) is 19.0 Å². The maximum absolute atomic E-state index is 12.1. The average molecular weight is 363 g/mol. The van der Waals surface area contributed by atoms with Crippen molar-refractivity contribution < 1.29 is 8.42 Å². The summed E-state index contributed by atoms with van der Waals surface area (Å²) >= 11 is 0. The van der Waals surface area contributed by atoms with E-state index in [0.717, 1.165) is 49.2 Å². The summed E-state index contributed by atoms with van der Waals surface area (Å²) in [7, 11) is -3.16. The Morgan fingerprint density at radius 2 is 2.08 bits per heavy atom. The van der Waals surface area contributed by atoms with Crippen molar-refractivity contribution in [2.45, 2.75) is 26.2 Å². The molecule has 7 nitrogen and oxygen atoms in total. The van der Waals surface area contributed by atoms with E-state index in [9.17, 15) is 8.42 Å². The van der Waals surface area contributed by atoms with E-state index >= 15 is 0 Å². The third kappa shape index (κ3) is 3.01. The Morgan fingerprint density at radius 1 is 1.24 bits per heavy atom. The molecule has 2 aliphatic heterocycles. The van der Waals surface area contributed by atoms with Gasteiger partial charge in [0.15, 0.2) is 0 Å². The van der Waals surface area contributed by atoms with Gasteiger partial charge in [0.25, 0.3) is 0 Å². The van der Waals surface area contributed by atoms with Crippen molar-refractivity contribution in [2.24, 2.45) is 11.3 Å². The van der Waals surface area contributed by atoms with Crippen LogP contribution in [-0.4, -0.2) is 60.1 Å². The molecule has 0 radical (unpaired) electrons. The number of H-pyrrole nitrogens is 1. The van der Waals surface area contributed by atoms with Crippen molar-refractivity contribution in [1.82, 2.24) is 19.3 Å². The van der Waals surface area contributed by atoms with E-state index in [2.05, 4.69) is 26.8 Å². The number of nitrogens with zero attached hydrogens (tertiary/aromatic N) is 4. The van der Waals surface area contributed by atoms with Gasteiger partial charge in [0.1, 0.15) is 17.8 Å². The fourth-order valence-corrected chi connectivity index (χ4v) is 5.54. The predicted molar refractivity (Wildman–Crippen MR) is 98.0 cm³/mol. The number of rotatable bonds is 2. The van der Waals surface area contributed by atoms with Crippen molar-refractivity contribution in [1.29, 1.82) is 0 Å². The Morgan fingerprint density at radius 3 is 2.88 bits per heavy atom. The lowest BCUT2D eigenvalue weighted by Gasteiger charge is -2.47. The van der Waals surface area contributed by atoms with Gasteiger partial charge in [-0.3, -0.25) is 0 Å². The van der Waals surface area contributed by atoms with Crippen LogP contribution in [0.1, 0.15) is 26.2 Å². The van der Waals surface area contributed by atoms with Gasteiger partial charge in [-0.1, -0.05) is 6.92 Å². The minimum absolute atomic E-state index is 0.0641. The van der Waals surface area contributed by atoms with Crippen molar-refractivity contribution in [3.05, 3.63) is 18.6 Å². The number of aromatic nitrogens is 3. The van der Waals surface area contributed by atoms with Gasteiger partial charge < -0.3 is 9.88 Å². The van der Waals surface area contributed by atoms with Gasteiger partial charge in [-0.15, -0.1) is 0 Å². The van der Waals surface area contributed by atoms with E-state index in [-0.39, 0.29) is 5.41 Å². The number of piperidine rings is 1. The third-order valence-electron chi connectivity index (χ3n) is 5.88. The van der Waals surface area contributed by atoms with E-state index < -0.39 is 10.0 Å². The van der Waals surface area contributed by atoms with Crippen molar-refractivity contribution in [2.75, 3.05) is 37.3 Å². The first-order chi connectivity index (χ1) is 11.9. The fraction of sp³-hybridized carbons (Fsp3) is 0.647. The smallest absolute Gasteiger partial charge is 0.211 e. The largest absolute Gasteiger partial charge is 0.355 e. The molecule has 2 aliphatic rings. The molecule has 2 saturated heterocycles. The predicted octanol–water partition coefficient (Wildman–Crippen LogP) is 1.85. The maximum Gasteiger partial charge on any atom is 0.211 e. The molecule has 0 spiro atoms. The second-order valence-electron chi connectivity index (χ2n) is 7.74. The van der Waals surface area contributed by atoms with Gasteiger partial charge in [-0.05, 0) is 31.2 Å². The lowest BCUT2D eigenvalue weighted by atomic mass is 9.71. The second-order valence-corrected chi connectivity index (χ2v) is 9.72. The topological polar surface area (TPSA) is 82.2 Å². The van der Waals surface area contributed by atoms with Gasteiger partial charge in [0, 0.05) is 37.8 Å². The van der Waals surface area contributed by atoms with Crippen LogP contribution >= 0.6 is 0 Å². The van der Waals surface area contributed by atoms with Gasteiger partial charge >= 0.3 is 0 Å². The normalized spacial score (nSPS) is 28.7. The van der Waals surface area contributed by atoms with Crippen LogP contribution in [0.5, 0.6) is 0 Å². The Labute approximate surface area is 148 Å². The van der Waals surface area contributed by atoms with Gasteiger partial charge in [0.05, 0.1) is 11.6 Å². The number of fused-ring (bicyclic) bond motifs is 2. The molecule has 4 rings (SSSR count). The van der Waals surface area contributed by atoms with Gasteiger partial charge in [-0.2, -0.15) is 0 Å². The quantitative estimate of drug-likeness (QED) is 0.880. The number of hydrogen-bond donors (Lipinski definition) is 1. The fourth-order valence-electron chi connectivity index (χ4n) is 4.55. The van der Waals surface area contributed by atoms with Crippen LogP contribution in [-0.2, 0) is 10.0 Å². The Kier molecular flexibility index (Phi) is 3.99. The Bertz CT molecular complexity index is 880. The zero-order valence-electron chi connectivity index (χ0n) is 14.8. The Hall–Kier alpha value is -1.67. The maximum atomic E-state index is 12.1. The number of sulfonamides is 1. The summed E-state index contributed by atoms with van der Waals surface area (Å²) in [5, 5.41) is 1.03. The SMILES string of the molecule is C[C@@]12CN(c3ncnc4[nH]ccc34)CC[C@@H]1CCCN(S(C)(=O)=O)C2. The van der Waals surface area contributed by atoms with Crippen LogP contribution in [0.15, 0.2) is 18.6 Å². The summed E-state index contributed by atoms with van der Waals surface area (Å²) in [4.78, 5) is 14.2. The molecule has 2 atom stereocenters. The van der Waals surface area contributed by atoms with Gasteiger partial charge in [0.2, 0.25) is 10.0 Å². The summed E-state index contributed by atoms with van der Waals surface area (Å²) in [6, 6.07) is 2.01. The Balaban J connectivity index is 1.66. The summed E-state index contributed by atoms with van der Waals surface area (Å²) in [5.74, 6) is 1.50. The molecule has 0 aliphatic carbocycles. The van der Waals surface area contributed by atoms with E-state index in [1.807, 2.05) is 12.3 Å². The highest BCUT2D eigenvalue weighted by Gasteiger charge is 2.44. The molecule has 4 heterocycles. The summed E-state index contributed by atoms with van der Waals surface area (Å²) < 4.78 is 25.9. The van der Waals surface area contributed by atoms with Crippen molar-refractivity contribution in [3.8, 4) is 0 Å². The van der Waals surface area contributed by atoms with E-state index in [1.54, 1.807) is 10.6 Å². The van der Waals surface area contributed by atoms with Gasteiger partial charge in [-0.25, -0.2) is 22.7 Å². The van der Waals surface area contributed by atoms with Crippen LogP contribution in [0.4, 0.5) is 5.82 Å². The van der Waals surface area contributed by atoms with Crippen LogP contribution in [0, 0.1) is 11.3 Å². The lowest BCUT2D eigenvalue weighted by Crippen LogP contribution is -2.52. The first-order valence-electron chi connectivity index (χ1n) is 8.85. The first-order valence-corrected chi connectivity index (χ1v) is 10.7. The highest BCUT2D eigenvalue weighted by molar-refractivity contribution is 7.88.